The molecule has 1 N–H and O–H groups in total. The fourth-order valence-electron chi connectivity index (χ4n) is 3.65. The largest absolute Gasteiger partial charge is 0.493 e. The molecule has 0 bridgehead atoms. The average molecular weight is 517 g/mol. The van der Waals surface area contributed by atoms with E-state index >= 15 is 0 Å². The maximum absolute atomic E-state index is 13.5. The van der Waals surface area contributed by atoms with Gasteiger partial charge in [-0.25, -0.2) is 8.42 Å². The molecule has 0 saturated heterocycles. The van der Waals surface area contributed by atoms with Gasteiger partial charge in [0.15, 0.2) is 11.5 Å². The monoisotopic (exact) mass is 516 g/mol. The van der Waals surface area contributed by atoms with Crippen molar-refractivity contribution in [2.24, 2.45) is 0 Å². The highest BCUT2D eigenvalue weighted by Gasteiger charge is 2.27. The van der Waals surface area contributed by atoms with E-state index in [1.165, 1.54) is 35.7 Å². The summed E-state index contributed by atoms with van der Waals surface area (Å²) in [5, 5.41) is 3.31. The Labute approximate surface area is 211 Å². The van der Waals surface area contributed by atoms with Crippen LogP contribution in [0, 0.1) is 6.92 Å². The van der Waals surface area contributed by atoms with Gasteiger partial charge in [0.1, 0.15) is 0 Å². The molecule has 0 radical (unpaired) electrons. The first-order valence-electron chi connectivity index (χ1n) is 11.0. The van der Waals surface area contributed by atoms with Gasteiger partial charge in [-0.3, -0.25) is 4.79 Å². The van der Waals surface area contributed by atoms with Gasteiger partial charge in [-0.15, -0.1) is 0 Å². The molecule has 3 rings (SSSR count). The van der Waals surface area contributed by atoms with E-state index in [0.717, 1.165) is 16.7 Å². The molecule has 0 aliphatic heterocycles. The molecule has 0 aliphatic carbocycles. The summed E-state index contributed by atoms with van der Waals surface area (Å²) in [5.41, 5.74) is 2.57. The second-order valence-corrected chi connectivity index (χ2v) is 10.5. The Kier molecular flexibility index (Phi) is 8.77. The normalized spacial score (nSPS) is 12.3. The number of benzene rings is 3. The number of aryl methyl sites for hydroxylation is 1. The number of carbonyl (C=O) groups is 1. The molecule has 0 aliphatic rings. The van der Waals surface area contributed by atoms with E-state index in [1.807, 2.05) is 44.2 Å². The predicted molar refractivity (Wildman–Crippen MR) is 136 cm³/mol. The Morgan fingerprint density at radius 2 is 1.69 bits per heavy atom. The number of halogens is 1. The maximum atomic E-state index is 13.5. The SMILES string of the molecule is COc1ccc(C(C)NC(=O)CN(Cc2cccc(C)c2)S(=O)(=O)c2ccc(Cl)cc2)cc1OC. The Hall–Kier alpha value is -3.07. The molecule has 35 heavy (non-hydrogen) atoms. The average Bonchev–Trinajstić information content (AvgIpc) is 2.83. The standard InChI is InChI=1S/C26H29ClN2O5S/c1-18-6-5-7-20(14-18)16-29(35(31,32)23-11-9-22(27)10-12-23)17-26(30)28-19(2)21-8-13-24(33-3)25(15-21)34-4/h5-15,19H,16-17H2,1-4H3,(H,28,30). The minimum Gasteiger partial charge on any atom is -0.493 e. The van der Waals surface area contributed by atoms with Crippen LogP contribution in [-0.4, -0.2) is 39.4 Å². The summed E-state index contributed by atoms with van der Waals surface area (Å²) in [6, 6.07) is 18.4. The topological polar surface area (TPSA) is 84.9 Å². The molecule has 0 saturated carbocycles. The van der Waals surface area contributed by atoms with Crippen molar-refractivity contribution in [3.05, 3.63) is 88.4 Å². The number of rotatable bonds is 10. The summed E-state index contributed by atoms with van der Waals surface area (Å²) >= 11 is 5.94. The van der Waals surface area contributed by atoms with Crippen molar-refractivity contribution in [1.82, 2.24) is 9.62 Å². The van der Waals surface area contributed by atoms with Crippen molar-refractivity contribution in [3.8, 4) is 11.5 Å². The lowest BCUT2D eigenvalue weighted by Crippen LogP contribution is -2.41. The Morgan fingerprint density at radius 3 is 2.31 bits per heavy atom. The van der Waals surface area contributed by atoms with Gasteiger partial charge in [-0.05, 0) is 61.4 Å². The summed E-state index contributed by atoms with van der Waals surface area (Å²) in [6.07, 6.45) is 0. The number of ether oxygens (including phenoxy) is 2. The van der Waals surface area contributed by atoms with Crippen LogP contribution in [0.25, 0.3) is 0 Å². The number of methoxy groups -OCH3 is 2. The molecule has 1 amide bonds. The van der Waals surface area contributed by atoms with Crippen LogP contribution >= 0.6 is 11.6 Å². The van der Waals surface area contributed by atoms with Crippen molar-refractivity contribution in [1.29, 1.82) is 0 Å². The highest BCUT2D eigenvalue weighted by atomic mass is 35.5. The summed E-state index contributed by atoms with van der Waals surface area (Å²) < 4.78 is 38.7. The van der Waals surface area contributed by atoms with E-state index in [0.29, 0.717) is 16.5 Å². The minimum absolute atomic E-state index is 0.0464. The Bertz CT molecular complexity index is 1280. The van der Waals surface area contributed by atoms with E-state index in [9.17, 15) is 13.2 Å². The van der Waals surface area contributed by atoms with Gasteiger partial charge in [0, 0.05) is 11.6 Å². The van der Waals surface area contributed by atoms with Gasteiger partial charge in [0.05, 0.1) is 31.7 Å². The molecule has 9 heteroatoms. The zero-order valence-electron chi connectivity index (χ0n) is 20.1. The van der Waals surface area contributed by atoms with Gasteiger partial charge in [-0.2, -0.15) is 4.31 Å². The smallest absolute Gasteiger partial charge is 0.243 e. The molecule has 3 aromatic rings. The third-order valence-electron chi connectivity index (χ3n) is 5.50. The second-order valence-electron chi connectivity index (χ2n) is 8.12. The van der Waals surface area contributed by atoms with E-state index < -0.39 is 15.9 Å². The zero-order valence-corrected chi connectivity index (χ0v) is 21.7. The van der Waals surface area contributed by atoms with E-state index in [1.54, 1.807) is 19.2 Å². The highest BCUT2D eigenvalue weighted by molar-refractivity contribution is 7.89. The minimum atomic E-state index is -3.97. The van der Waals surface area contributed by atoms with Crippen LogP contribution in [0.5, 0.6) is 11.5 Å². The van der Waals surface area contributed by atoms with Gasteiger partial charge in [0.25, 0.3) is 0 Å². The molecule has 0 spiro atoms. The van der Waals surface area contributed by atoms with Crippen molar-refractivity contribution < 1.29 is 22.7 Å². The molecule has 3 aromatic carbocycles. The van der Waals surface area contributed by atoms with Gasteiger partial charge >= 0.3 is 0 Å². The van der Waals surface area contributed by atoms with Crippen LogP contribution in [0.4, 0.5) is 0 Å². The molecular weight excluding hydrogens is 488 g/mol. The fourth-order valence-corrected chi connectivity index (χ4v) is 5.16. The molecule has 0 fully saturated rings. The lowest BCUT2D eigenvalue weighted by molar-refractivity contribution is -0.122. The van der Waals surface area contributed by atoms with Crippen LogP contribution in [-0.2, 0) is 21.4 Å². The Balaban J connectivity index is 1.83. The van der Waals surface area contributed by atoms with Crippen molar-refractivity contribution in [3.63, 3.8) is 0 Å². The van der Waals surface area contributed by atoms with E-state index in [-0.39, 0.29) is 24.0 Å². The van der Waals surface area contributed by atoms with Gasteiger partial charge in [0.2, 0.25) is 15.9 Å². The summed E-state index contributed by atoms with van der Waals surface area (Å²) in [5.74, 6) is 0.683. The number of amides is 1. The molecule has 0 heterocycles. The van der Waals surface area contributed by atoms with Crippen LogP contribution in [0.2, 0.25) is 5.02 Å². The fraction of sp³-hybridized carbons (Fsp3) is 0.269. The molecular formula is C26H29ClN2O5S. The summed E-state index contributed by atoms with van der Waals surface area (Å²) in [6.45, 7) is 3.44. The number of nitrogens with one attached hydrogen (secondary N) is 1. The van der Waals surface area contributed by atoms with Crippen LogP contribution in [0.1, 0.15) is 29.7 Å². The van der Waals surface area contributed by atoms with Crippen molar-refractivity contribution in [2.45, 2.75) is 31.3 Å². The van der Waals surface area contributed by atoms with E-state index in [2.05, 4.69) is 5.32 Å². The van der Waals surface area contributed by atoms with Crippen molar-refractivity contribution >= 4 is 27.5 Å². The molecule has 0 aromatic heterocycles. The molecule has 1 unspecified atom stereocenters. The van der Waals surface area contributed by atoms with Crippen LogP contribution in [0.15, 0.2) is 71.6 Å². The first-order valence-corrected chi connectivity index (χ1v) is 12.8. The third kappa shape index (κ3) is 6.75. The third-order valence-corrected chi connectivity index (χ3v) is 7.56. The summed E-state index contributed by atoms with van der Waals surface area (Å²) in [4.78, 5) is 13.1. The number of hydrogen-bond acceptors (Lipinski definition) is 5. The van der Waals surface area contributed by atoms with Gasteiger partial charge < -0.3 is 14.8 Å². The quantitative estimate of drug-likeness (QED) is 0.421. The van der Waals surface area contributed by atoms with Gasteiger partial charge in [-0.1, -0.05) is 47.5 Å². The lowest BCUT2D eigenvalue weighted by Gasteiger charge is -2.24. The van der Waals surface area contributed by atoms with Crippen LogP contribution in [0.3, 0.4) is 0 Å². The van der Waals surface area contributed by atoms with E-state index in [4.69, 9.17) is 21.1 Å². The first-order chi connectivity index (χ1) is 16.6. The number of carbonyl (C=O) groups excluding carboxylic acids is 1. The number of sulfonamides is 1. The Morgan fingerprint density at radius 1 is 1.00 bits per heavy atom. The molecule has 186 valence electrons. The predicted octanol–water partition coefficient (Wildman–Crippen LogP) is 4.73. The number of hydrogen-bond donors (Lipinski definition) is 1. The van der Waals surface area contributed by atoms with Crippen molar-refractivity contribution in [2.75, 3.05) is 20.8 Å². The first kappa shape index (κ1) is 26.5. The summed E-state index contributed by atoms with van der Waals surface area (Å²) in [7, 11) is -0.881. The van der Waals surface area contributed by atoms with Crippen LogP contribution < -0.4 is 14.8 Å². The number of nitrogens with zero attached hydrogens (tertiary/aromatic N) is 1. The molecule has 7 nitrogen and oxygen atoms in total. The second kappa shape index (κ2) is 11.6. The maximum Gasteiger partial charge on any atom is 0.243 e. The zero-order chi connectivity index (χ0) is 25.6. The molecule has 1 atom stereocenters. The lowest BCUT2D eigenvalue weighted by atomic mass is 10.1. The highest BCUT2D eigenvalue weighted by Crippen LogP contribution is 2.30.